The zero-order valence-corrected chi connectivity index (χ0v) is 7.24. The van der Waals surface area contributed by atoms with Gasteiger partial charge in [0.2, 0.25) is 0 Å². The molecule has 65 valence electrons. The molecule has 13 heavy (non-hydrogen) atoms. The SMILES string of the molecule is CC1=C(C(N)=O)c2ccccc2[N]1. The Hall–Kier alpha value is -1.77. The quantitative estimate of drug-likeness (QED) is 0.680. The zero-order valence-electron chi connectivity index (χ0n) is 7.24. The predicted molar refractivity (Wildman–Crippen MR) is 50.0 cm³/mol. The maximum absolute atomic E-state index is 11.1. The van der Waals surface area contributed by atoms with Crippen molar-refractivity contribution in [2.75, 3.05) is 0 Å². The molecule has 0 aliphatic carbocycles. The Labute approximate surface area is 76.2 Å². The molecule has 0 bridgehead atoms. The topological polar surface area (TPSA) is 57.2 Å². The zero-order chi connectivity index (χ0) is 9.42. The standard InChI is InChI=1S/C10H9N2O/c1-6-9(10(11)13)7-4-2-3-5-8(7)12-6/h2-5H,1H3,(H2,11,13). The van der Waals surface area contributed by atoms with Gasteiger partial charge in [-0.2, -0.15) is 0 Å². The van der Waals surface area contributed by atoms with Gasteiger partial charge >= 0.3 is 0 Å². The second-order valence-electron chi connectivity index (χ2n) is 2.95. The molecule has 0 saturated heterocycles. The van der Waals surface area contributed by atoms with Crippen molar-refractivity contribution in [3.05, 3.63) is 35.5 Å². The lowest BCUT2D eigenvalue weighted by molar-refractivity contribution is -0.112. The summed E-state index contributed by atoms with van der Waals surface area (Å²) in [5.74, 6) is -0.411. The molecular formula is C10H9N2O. The minimum atomic E-state index is -0.411. The fourth-order valence-corrected chi connectivity index (χ4v) is 1.53. The molecule has 0 aromatic heterocycles. The molecule has 1 aromatic carbocycles. The molecule has 0 atom stereocenters. The van der Waals surface area contributed by atoms with Gasteiger partial charge in [-0.05, 0) is 13.0 Å². The highest BCUT2D eigenvalue weighted by atomic mass is 16.1. The first-order valence-electron chi connectivity index (χ1n) is 4.02. The fraction of sp³-hybridized carbons (Fsp3) is 0.100. The van der Waals surface area contributed by atoms with E-state index in [2.05, 4.69) is 5.32 Å². The number of rotatable bonds is 1. The molecule has 0 unspecified atom stereocenters. The van der Waals surface area contributed by atoms with Crippen molar-refractivity contribution in [1.29, 1.82) is 0 Å². The highest BCUT2D eigenvalue weighted by Crippen LogP contribution is 2.33. The third-order valence-corrected chi connectivity index (χ3v) is 2.07. The van der Waals surface area contributed by atoms with Gasteiger partial charge in [0.25, 0.3) is 5.91 Å². The number of amides is 1. The highest BCUT2D eigenvalue weighted by molar-refractivity contribution is 6.22. The van der Waals surface area contributed by atoms with Crippen molar-refractivity contribution in [2.45, 2.75) is 6.92 Å². The summed E-state index contributed by atoms with van der Waals surface area (Å²) in [5.41, 5.74) is 8.15. The van der Waals surface area contributed by atoms with Crippen LogP contribution >= 0.6 is 0 Å². The minimum Gasteiger partial charge on any atom is -0.366 e. The number of fused-ring (bicyclic) bond motifs is 1. The van der Waals surface area contributed by atoms with Crippen molar-refractivity contribution in [3.63, 3.8) is 0 Å². The van der Waals surface area contributed by atoms with Crippen LogP contribution in [0.3, 0.4) is 0 Å². The van der Waals surface area contributed by atoms with E-state index in [-0.39, 0.29) is 0 Å². The summed E-state index contributed by atoms with van der Waals surface area (Å²) in [4.78, 5) is 11.1. The second-order valence-corrected chi connectivity index (χ2v) is 2.95. The van der Waals surface area contributed by atoms with E-state index in [0.717, 1.165) is 11.3 Å². The van der Waals surface area contributed by atoms with Crippen LogP contribution in [0.25, 0.3) is 5.57 Å². The molecule has 1 radical (unpaired) electrons. The van der Waals surface area contributed by atoms with E-state index in [1.807, 2.05) is 24.3 Å². The van der Waals surface area contributed by atoms with Gasteiger partial charge in [0.1, 0.15) is 0 Å². The van der Waals surface area contributed by atoms with Gasteiger partial charge in [0.05, 0.1) is 17.0 Å². The van der Waals surface area contributed by atoms with Crippen LogP contribution < -0.4 is 11.1 Å². The van der Waals surface area contributed by atoms with E-state index in [0.29, 0.717) is 11.3 Å². The fourth-order valence-electron chi connectivity index (χ4n) is 1.53. The largest absolute Gasteiger partial charge is 0.366 e. The van der Waals surface area contributed by atoms with Gasteiger partial charge in [0.15, 0.2) is 0 Å². The Morgan fingerprint density at radius 2 is 2.08 bits per heavy atom. The molecule has 2 N–H and O–H groups in total. The summed E-state index contributed by atoms with van der Waals surface area (Å²) in [5, 5.41) is 4.23. The van der Waals surface area contributed by atoms with Crippen LogP contribution in [0.15, 0.2) is 30.0 Å². The van der Waals surface area contributed by atoms with Gasteiger partial charge in [0, 0.05) is 5.56 Å². The Kier molecular flexibility index (Phi) is 1.59. The summed E-state index contributed by atoms with van der Waals surface area (Å²) in [6.07, 6.45) is 0. The average Bonchev–Trinajstić information content (AvgIpc) is 2.39. The van der Waals surface area contributed by atoms with E-state index in [9.17, 15) is 4.79 Å². The third-order valence-electron chi connectivity index (χ3n) is 2.07. The van der Waals surface area contributed by atoms with Gasteiger partial charge in [-0.25, -0.2) is 0 Å². The molecule has 1 aromatic rings. The lowest BCUT2D eigenvalue weighted by Gasteiger charge is -1.97. The van der Waals surface area contributed by atoms with Crippen LogP contribution in [0, 0.1) is 0 Å². The van der Waals surface area contributed by atoms with E-state index in [4.69, 9.17) is 5.73 Å². The number of hydrogen-bond acceptors (Lipinski definition) is 1. The average molecular weight is 173 g/mol. The molecule has 3 heteroatoms. The van der Waals surface area contributed by atoms with Gasteiger partial charge in [-0.1, -0.05) is 18.2 Å². The number of hydrogen-bond donors (Lipinski definition) is 1. The predicted octanol–water partition coefficient (Wildman–Crippen LogP) is 1.15. The lowest BCUT2D eigenvalue weighted by Crippen LogP contribution is -2.12. The Morgan fingerprint density at radius 1 is 1.38 bits per heavy atom. The van der Waals surface area contributed by atoms with E-state index in [1.165, 1.54) is 0 Å². The summed E-state index contributed by atoms with van der Waals surface area (Å²) in [6, 6.07) is 7.49. The molecule has 2 rings (SSSR count). The van der Waals surface area contributed by atoms with Gasteiger partial charge < -0.3 is 5.73 Å². The number of nitrogens with zero attached hydrogens (tertiary/aromatic N) is 1. The first-order valence-corrected chi connectivity index (χ1v) is 4.02. The number of carbonyl (C=O) groups excluding carboxylic acids is 1. The molecule has 1 heterocycles. The van der Waals surface area contributed by atoms with Crippen molar-refractivity contribution in [3.8, 4) is 0 Å². The minimum absolute atomic E-state index is 0.411. The normalized spacial score (nSPS) is 13.9. The Bertz CT molecular complexity index is 407. The van der Waals surface area contributed by atoms with Gasteiger partial charge in [-0.15, -0.1) is 0 Å². The number of benzene rings is 1. The number of nitrogens with two attached hydrogens (primary N) is 1. The number of allylic oxidation sites excluding steroid dienone is 1. The smallest absolute Gasteiger partial charge is 0.251 e. The first kappa shape index (κ1) is 7.86. The van der Waals surface area contributed by atoms with Crippen LogP contribution in [0.5, 0.6) is 0 Å². The lowest BCUT2D eigenvalue weighted by atomic mass is 10.1. The molecule has 0 fully saturated rings. The van der Waals surface area contributed by atoms with Crippen molar-refractivity contribution in [1.82, 2.24) is 5.32 Å². The number of para-hydroxylation sites is 1. The van der Waals surface area contributed by atoms with Crippen LogP contribution in [-0.4, -0.2) is 5.91 Å². The maximum atomic E-state index is 11.1. The second kappa shape index (κ2) is 2.62. The molecule has 1 aliphatic rings. The number of carbonyl (C=O) groups is 1. The molecule has 3 nitrogen and oxygen atoms in total. The Morgan fingerprint density at radius 3 is 2.77 bits per heavy atom. The van der Waals surface area contributed by atoms with Crippen molar-refractivity contribution in [2.24, 2.45) is 5.73 Å². The highest BCUT2D eigenvalue weighted by Gasteiger charge is 2.22. The molecule has 1 aliphatic heterocycles. The third kappa shape index (κ3) is 1.09. The molecule has 1 amide bonds. The van der Waals surface area contributed by atoms with E-state index >= 15 is 0 Å². The summed E-state index contributed by atoms with van der Waals surface area (Å²) in [6.45, 7) is 1.79. The summed E-state index contributed by atoms with van der Waals surface area (Å²) in [7, 11) is 0. The van der Waals surface area contributed by atoms with Crippen molar-refractivity contribution < 1.29 is 4.79 Å². The van der Waals surface area contributed by atoms with E-state index < -0.39 is 5.91 Å². The molecule has 0 spiro atoms. The summed E-state index contributed by atoms with van der Waals surface area (Å²) < 4.78 is 0. The van der Waals surface area contributed by atoms with Crippen LogP contribution in [0.2, 0.25) is 0 Å². The maximum Gasteiger partial charge on any atom is 0.251 e. The van der Waals surface area contributed by atoms with Crippen LogP contribution in [0.1, 0.15) is 12.5 Å². The van der Waals surface area contributed by atoms with Crippen molar-refractivity contribution >= 4 is 17.2 Å². The molecule has 0 saturated carbocycles. The molecular weight excluding hydrogens is 164 g/mol. The first-order chi connectivity index (χ1) is 6.20. The monoisotopic (exact) mass is 173 g/mol. The van der Waals surface area contributed by atoms with E-state index in [1.54, 1.807) is 6.92 Å². The van der Waals surface area contributed by atoms with Gasteiger partial charge in [-0.3, -0.25) is 10.1 Å². The Balaban J connectivity index is 2.59. The summed E-state index contributed by atoms with van der Waals surface area (Å²) >= 11 is 0. The number of primary amides is 1. The van der Waals surface area contributed by atoms with Crippen LogP contribution in [0.4, 0.5) is 5.69 Å². The van der Waals surface area contributed by atoms with Crippen LogP contribution in [-0.2, 0) is 4.79 Å².